The van der Waals surface area contributed by atoms with Crippen LogP contribution in [-0.4, -0.2) is 41.2 Å². The molecule has 21 heavy (non-hydrogen) atoms. The number of carbonyl (C=O) groups is 1. The van der Waals surface area contributed by atoms with E-state index in [4.69, 9.17) is 10.4 Å². The second-order valence-electron chi connectivity index (χ2n) is 3.50. The van der Waals surface area contributed by atoms with Crippen LogP contribution < -0.4 is 0 Å². The highest BCUT2D eigenvalue weighted by Crippen LogP contribution is 2.26. The van der Waals surface area contributed by atoms with E-state index in [9.17, 15) is 14.9 Å². The van der Waals surface area contributed by atoms with Crippen LogP contribution in [0.25, 0.3) is 0 Å². The second-order valence-corrected chi connectivity index (χ2v) is 4.49. The van der Waals surface area contributed by atoms with Gasteiger partial charge in [0.05, 0.1) is 4.92 Å². The van der Waals surface area contributed by atoms with E-state index in [-0.39, 0.29) is 15.9 Å². The van der Waals surface area contributed by atoms with Crippen molar-refractivity contribution >= 4 is 23.4 Å². The average Bonchev–Trinajstić information content (AvgIpc) is 2.84. The van der Waals surface area contributed by atoms with Gasteiger partial charge in [0.1, 0.15) is 17.6 Å². The summed E-state index contributed by atoms with van der Waals surface area (Å²) in [5, 5.41) is 39.1. The van der Waals surface area contributed by atoms with E-state index in [0.717, 1.165) is 22.5 Å². The number of carboxylic acids is 1. The summed E-state index contributed by atoms with van der Waals surface area (Å²) in [6.07, 6.45) is 0. The van der Waals surface area contributed by atoms with Gasteiger partial charge in [-0.1, -0.05) is 0 Å². The molecule has 0 fully saturated rings. The van der Waals surface area contributed by atoms with E-state index in [0.29, 0.717) is 0 Å². The fraction of sp³-hybridized carbons (Fsp3) is 0.111. The first-order valence-corrected chi connectivity index (χ1v) is 6.04. The fourth-order valence-electron chi connectivity index (χ4n) is 1.31. The molecular weight excluding hydrogens is 302 g/mol. The summed E-state index contributed by atoms with van der Waals surface area (Å²) in [6.45, 7) is -0.437. The molecule has 0 aliphatic heterocycles. The van der Waals surface area contributed by atoms with Crippen LogP contribution in [0, 0.1) is 21.4 Å². The van der Waals surface area contributed by atoms with Crippen molar-refractivity contribution in [1.82, 2.24) is 25.2 Å². The number of nitro groups is 1. The predicted molar refractivity (Wildman–Crippen MR) is 65.2 cm³/mol. The number of nitrogens with zero attached hydrogens (tertiary/aromatic N) is 7. The summed E-state index contributed by atoms with van der Waals surface area (Å²) in [5.41, 5.74) is -0.755. The lowest BCUT2D eigenvalue weighted by Crippen LogP contribution is -2.11. The topological polar surface area (TPSA) is 161 Å². The lowest BCUT2D eigenvalue weighted by atomic mass is 10.3. The Morgan fingerprint density at radius 3 is 2.95 bits per heavy atom. The van der Waals surface area contributed by atoms with Gasteiger partial charge in [0.25, 0.3) is 0 Å². The minimum atomic E-state index is -1.13. The normalized spacial score (nSPS) is 10.0. The Labute approximate surface area is 120 Å². The Kier molecular flexibility index (Phi) is 4.05. The van der Waals surface area contributed by atoms with Crippen molar-refractivity contribution in [3.8, 4) is 6.07 Å². The molecule has 0 radical (unpaired) electrons. The van der Waals surface area contributed by atoms with Gasteiger partial charge >= 0.3 is 11.7 Å². The molecule has 0 unspecified atom stereocenters. The first kappa shape index (κ1) is 14.3. The zero-order valence-corrected chi connectivity index (χ0v) is 10.9. The van der Waals surface area contributed by atoms with Crippen LogP contribution in [0.15, 0.2) is 22.3 Å². The van der Waals surface area contributed by atoms with Crippen LogP contribution in [-0.2, 0) is 11.3 Å². The van der Waals surface area contributed by atoms with E-state index in [1.54, 1.807) is 6.07 Å². The van der Waals surface area contributed by atoms with Gasteiger partial charge < -0.3 is 5.11 Å². The Morgan fingerprint density at radius 1 is 1.57 bits per heavy atom. The third-order valence-corrected chi connectivity index (χ3v) is 3.04. The SMILES string of the molecule is N#Cc1nc(Sc2nnnn2CC(=O)O)ccc1[N+](=O)[O-]. The lowest BCUT2D eigenvalue weighted by molar-refractivity contribution is -0.385. The maximum Gasteiger partial charge on any atom is 0.325 e. The molecule has 0 spiro atoms. The molecule has 0 amide bonds. The molecule has 0 saturated carbocycles. The number of aromatic nitrogens is 5. The highest BCUT2D eigenvalue weighted by Gasteiger charge is 2.18. The highest BCUT2D eigenvalue weighted by atomic mass is 32.2. The van der Waals surface area contributed by atoms with E-state index < -0.39 is 23.1 Å². The van der Waals surface area contributed by atoms with Crippen molar-refractivity contribution in [1.29, 1.82) is 5.26 Å². The zero-order chi connectivity index (χ0) is 15.4. The Morgan fingerprint density at radius 2 is 2.33 bits per heavy atom. The number of nitriles is 1. The van der Waals surface area contributed by atoms with E-state index >= 15 is 0 Å². The Hall–Kier alpha value is -3.07. The number of pyridine rings is 1. The van der Waals surface area contributed by atoms with E-state index in [1.165, 1.54) is 6.07 Å². The maximum absolute atomic E-state index is 10.7. The van der Waals surface area contributed by atoms with Crippen LogP contribution in [0.2, 0.25) is 0 Å². The number of aliphatic carboxylic acids is 1. The lowest BCUT2D eigenvalue weighted by Gasteiger charge is -2.01. The molecule has 0 saturated heterocycles. The number of rotatable bonds is 5. The van der Waals surface area contributed by atoms with Gasteiger partial charge in [0, 0.05) is 6.07 Å². The summed E-state index contributed by atoms with van der Waals surface area (Å²) in [6, 6.07) is 4.09. The van der Waals surface area contributed by atoms with Crippen molar-refractivity contribution < 1.29 is 14.8 Å². The van der Waals surface area contributed by atoms with Crippen LogP contribution in [0.5, 0.6) is 0 Å². The van der Waals surface area contributed by atoms with Gasteiger partial charge in [-0.15, -0.1) is 5.10 Å². The molecule has 11 nitrogen and oxygen atoms in total. The molecule has 0 bridgehead atoms. The molecule has 1 N–H and O–H groups in total. The van der Waals surface area contributed by atoms with Crippen LogP contribution in [0.4, 0.5) is 5.69 Å². The first-order chi connectivity index (χ1) is 10.0. The van der Waals surface area contributed by atoms with E-state index in [2.05, 4.69) is 20.5 Å². The summed E-state index contributed by atoms with van der Waals surface area (Å²) in [7, 11) is 0. The molecule has 0 atom stereocenters. The van der Waals surface area contributed by atoms with Gasteiger partial charge in [0.15, 0.2) is 0 Å². The molecule has 2 aromatic heterocycles. The van der Waals surface area contributed by atoms with Gasteiger partial charge in [-0.3, -0.25) is 14.9 Å². The van der Waals surface area contributed by atoms with Crippen molar-refractivity contribution in [3.63, 3.8) is 0 Å². The van der Waals surface area contributed by atoms with Crippen LogP contribution in [0.1, 0.15) is 5.69 Å². The van der Waals surface area contributed by atoms with Crippen LogP contribution in [0.3, 0.4) is 0 Å². The van der Waals surface area contributed by atoms with Gasteiger partial charge in [-0.25, -0.2) is 9.67 Å². The monoisotopic (exact) mass is 307 g/mol. The molecule has 2 heterocycles. The van der Waals surface area contributed by atoms with E-state index in [1.807, 2.05) is 0 Å². The summed E-state index contributed by atoms with van der Waals surface area (Å²) >= 11 is 0.892. The quantitative estimate of drug-likeness (QED) is 0.591. The van der Waals surface area contributed by atoms with Crippen molar-refractivity contribution in [3.05, 3.63) is 27.9 Å². The van der Waals surface area contributed by atoms with Crippen LogP contribution >= 0.6 is 11.8 Å². The minimum absolute atomic E-state index is 0.141. The van der Waals surface area contributed by atoms with Gasteiger partial charge in [-0.2, -0.15) is 5.26 Å². The van der Waals surface area contributed by atoms with Gasteiger partial charge in [0.2, 0.25) is 10.9 Å². The standard InChI is InChI=1S/C9H5N7O4S/c10-3-5-6(16(19)20)1-2-7(11-5)21-9-12-13-14-15(9)4-8(17)18/h1-2H,4H2,(H,17,18). The number of hydrogen-bond donors (Lipinski definition) is 1. The molecule has 2 rings (SSSR count). The highest BCUT2D eigenvalue weighted by molar-refractivity contribution is 7.99. The molecule has 0 aliphatic rings. The Balaban J connectivity index is 2.29. The predicted octanol–water partition coefficient (Wildman–Crippen LogP) is 0.0838. The third kappa shape index (κ3) is 3.28. The first-order valence-electron chi connectivity index (χ1n) is 5.22. The zero-order valence-electron chi connectivity index (χ0n) is 10.1. The fourth-order valence-corrected chi connectivity index (χ4v) is 2.05. The minimum Gasteiger partial charge on any atom is -0.480 e. The van der Waals surface area contributed by atoms with Crippen molar-refractivity contribution in [2.75, 3.05) is 0 Å². The maximum atomic E-state index is 10.7. The average molecular weight is 307 g/mol. The third-order valence-electron chi connectivity index (χ3n) is 2.13. The molecule has 12 heteroatoms. The molecule has 2 aromatic rings. The van der Waals surface area contributed by atoms with Crippen molar-refractivity contribution in [2.45, 2.75) is 16.7 Å². The molecular formula is C9H5N7O4S. The Bertz CT molecular complexity index is 753. The number of tetrazole rings is 1. The smallest absolute Gasteiger partial charge is 0.325 e. The molecule has 106 valence electrons. The number of hydrogen-bond acceptors (Lipinski definition) is 9. The second kappa shape index (κ2) is 5.92. The summed E-state index contributed by atoms with van der Waals surface area (Å²) in [4.78, 5) is 24.4. The van der Waals surface area contributed by atoms with Crippen molar-refractivity contribution in [2.24, 2.45) is 0 Å². The number of carboxylic acid groups (broad SMARTS) is 1. The molecule has 0 aromatic carbocycles. The summed E-state index contributed by atoms with van der Waals surface area (Å²) in [5.74, 6) is -1.13. The largest absolute Gasteiger partial charge is 0.480 e. The van der Waals surface area contributed by atoms with Gasteiger partial charge in [-0.05, 0) is 28.3 Å². The summed E-state index contributed by atoms with van der Waals surface area (Å²) < 4.78 is 1.03. The molecule has 0 aliphatic carbocycles.